The van der Waals surface area contributed by atoms with Gasteiger partial charge in [-0.25, -0.2) is 0 Å². The molecule has 8 heavy (non-hydrogen) atoms. The third-order valence-electron chi connectivity index (χ3n) is 0.275. The molecule has 0 aromatic rings. The van der Waals surface area contributed by atoms with Gasteiger partial charge in [0, 0.05) is 0 Å². The van der Waals surface area contributed by atoms with Crippen molar-refractivity contribution in [3.05, 3.63) is 0 Å². The predicted molar refractivity (Wildman–Crippen MR) is 31.7 cm³/mol. The molecule has 1 rings (SSSR count). The Balaban J connectivity index is -0.0000000150. The largest absolute Gasteiger partial charge is 2.00 e. The molecular weight excluding hydrogens is 160 g/mol. The Bertz CT molecular complexity index is 85.2. The van der Waals surface area contributed by atoms with Gasteiger partial charge in [0.1, 0.15) is 0 Å². The van der Waals surface area contributed by atoms with Crippen LogP contribution in [0.1, 0.15) is 5.71 Å². The Kier molecular flexibility index (Phi) is 4.33. The van der Waals surface area contributed by atoms with Crippen molar-refractivity contribution in [1.82, 2.24) is 0 Å². The fraction of sp³-hybridized carbons (Fsp3) is 0. The summed E-state index contributed by atoms with van der Waals surface area (Å²) in [6.45, 7) is 0. The number of hydrogen-bond acceptors (Lipinski definition) is 5. The molecule has 0 atom stereocenters. The summed E-state index contributed by atoms with van der Waals surface area (Å²) in [5.74, 6) is 0. The molecule has 3 N–H and O–H groups in total. The molecule has 1 fully saturated rings. The van der Waals surface area contributed by atoms with Crippen molar-refractivity contribution in [3.63, 3.8) is 0 Å². The first-order valence-electron chi connectivity index (χ1n) is 1.13. The molecule has 1 heterocycles. The van der Waals surface area contributed by atoms with Crippen LogP contribution in [0, 0.1) is 0 Å². The van der Waals surface area contributed by atoms with Crippen LogP contribution in [0.3, 0.4) is 0 Å². The smallest absolute Gasteiger partial charge is 1.00 e. The topological polar surface area (TPSA) is 85.8 Å². The Hall–Kier alpha value is 1.76. The van der Waals surface area contributed by atoms with E-state index < -0.39 is 7.74 Å². The third kappa shape index (κ3) is 4.62. The molecule has 5 nitrogen and oxygen atoms in total. The van der Waals surface area contributed by atoms with Gasteiger partial charge in [-0.2, -0.15) is 0 Å². The first-order chi connectivity index (χ1) is 2.47. The van der Waals surface area contributed by atoms with E-state index in [1.807, 2.05) is 0 Å². The quantitative estimate of drug-likeness (QED) is 0.181. The van der Waals surface area contributed by atoms with E-state index in [-0.39, 0.29) is 51.8 Å². The predicted octanol–water partition coefficient (Wildman–Crippen LogP) is -1.26. The molecule has 0 bridgehead atoms. The van der Waals surface area contributed by atoms with Gasteiger partial charge >= 0.3 is 77.9 Å². The fourth-order valence-electron chi connectivity index (χ4n) is 0.0447. The molecule has 0 aromatic heterocycles. The van der Waals surface area contributed by atoms with Crippen molar-refractivity contribution in [2.75, 3.05) is 0 Å². The standard InChI is InChI=1S/2Mg.H3O5P.4H/c;;1-6(2,3)4-5-6;;;;/h;;1-3H;;;;/q2*+2;;4*-1. The van der Waals surface area contributed by atoms with Crippen LogP contribution >= 0.6 is 7.74 Å². The zero-order valence-electron chi connectivity index (χ0n) is 8.02. The van der Waals surface area contributed by atoms with E-state index in [1.54, 1.807) is 0 Å². The molecule has 0 amide bonds. The molecule has 0 aliphatic carbocycles. The summed E-state index contributed by atoms with van der Waals surface area (Å²) in [6, 6.07) is 0. The van der Waals surface area contributed by atoms with Gasteiger partial charge < -0.3 is 5.71 Å². The van der Waals surface area contributed by atoms with Crippen LogP contribution < -0.4 is 0 Å². The number of rotatable bonds is 0. The van der Waals surface area contributed by atoms with Crippen LogP contribution in [0.15, 0.2) is 0 Å². The molecule has 1 aliphatic heterocycles. The van der Waals surface area contributed by atoms with E-state index in [0.29, 0.717) is 0 Å². The second kappa shape index (κ2) is 2.79. The van der Waals surface area contributed by atoms with Gasteiger partial charge in [0.25, 0.3) is 0 Å². The maximum atomic E-state index is 7.89. The normalized spacial score (nSPS) is 32.1. The van der Waals surface area contributed by atoms with Crippen LogP contribution in [0.25, 0.3) is 0 Å². The van der Waals surface area contributed by atoms with E-state index in [2.05, 4.69) is 9.35 Å². The summed E-state index contributed by atoms with van der Waals surface area (Å²) < 4.78 is 6.76. The monoisotopic (exact) mass is 166 g/mol. The van der Waals surface area contributed by atoms with E-state index >= 15 is 0 Å². The van der Waals surface area contributed by atoms with Gasteiger partial charge in [-0.15, -0.1) is 0 Å². The van der Waals surface area contributed by atoms with Crippen molar-refractivity contribution in [3.8, 4) is 0 Å². The Labute approximate surface area is 83.5 Å². The Morgan fingerprint density at radius 2 is 1.12 bits per heavy atom. The third-order valence-corrected chi connectivity index (χ3v) is 0.824. The Morgan fingerprint density at radius 3 is 1.12 bits per heavy atom. The van der Waals surface area contributed by atoms with Gasteiger partial charge in [0.15, 0.2) is 0 Å². The molecule has 1 aliphatic rings. The first kappa shape index (κ1) is 12.4. The van der Waals surface area contributed by atoms with Crippen LogP contribution in [0.5, 0.6) is 0 Å². The number of hydrogen-bond donors (Lipinski definition) is 3. The SMILES string of the molecule is OP1(O)(O)OO1.[H-].[H-].[H-].[H-].[Mg+2].[Mg+2]. The maximum absolute atomic E-state index is 7.89. The molecule has 1 saturated heterocycles. The van der Waals surface area contributed by atoms with Gasteiger partial charge in [-0.3, -0.25) is 0 Å². The average molecular weight is 167 g/mol. The molecule has 0 saturated carbocycles. The van der Waals surface area contributed by atoms with Crippen molar-refractivity contribution in [2.24, 2.45) is 0 Å². The molecule has 0 unspecified atom stereocenters. The summed E-state index contributed by atoms with van der Waals surface area (Å²) >= 11 is 0. The van der Waals surface area contributed by atoms with Crippen molar-refractivity contribution in [2.45, 2.75) is 0 Å². The molecule has 0 spiro atoms. The zero-order chi connectivity index (χ0) is 4.86. The second-order valence-corrected chi connectivity index (χ2v) is 2.95. The summed E-state index contributed by atoms with van der Waals surface area (Å²) in [4.78, 5) is 23.7. The minimum atomic E-state index is -4.80. The summed E-state index contributed by atoms with van der Waals surface area (Å²) in [6.07, 6.45) is 0. The second-order valence-electron chi connectivity index (χ2n) is 0.982. The van der Waals surface area contributed by atoms with E-state index in [1.165, 1.54) is 0 Å². The van der Waals surface area contributed by atoms with Crippen molar-refractivity contribution >= 4 is 53.8 Å². The fourth-order valence-corrected chi connectivity index (χ4v) is 0.402. The molecule has 0 radical (unpaired) electrons. The Morgan fingerprint density at radius 1 is 1.00 bits per heavy atom. The molecule has 8 heteroatoms. The van der Waals surface area contributed by atoms with Crippen molar-refractivity contribution < 1.29 is 29.7 Å². The van der Waals surface area contributed by atoms with E-state index in [4.69, 9.17) is 14.7 Å². The van der Waals surface area contributed by atoms with Gasteiger partial charge in [0.05, 0.1) is 0 Å². The van der Waals surface area contributed by atoms with Crippen LogP contribution in [-0.2, 0) is 9.35 Å². The minimum Gasteiger partial charge on any atom is -1.00 e. The summed E-state index contributed by atoms with van der Waals surface area (Å²) in [7, 11) is -4.80. The van der Waals surface area contributed by atoms with Gasteiger partial charge in [-0.05, 0) is 0 Å². The average Bonchev–Trinajstić information content (AvgIpc) is 1.73. The van der Waals surface area contributed by atoms with Crippen LogP contribution in [-0.4, -0.2) is 60.8 Å². The van der Waals surface area contributed by atoms with Crippen LogP contribution in [0.2, 0.25) is 0 Å². The molecular formula is H7Mg2O5P. The van der Waals surface area contributed by atoms with Gasteiger partial charge in [0.2, 0.25) is 0 Å². The van der Waals surface area contributed by atoms with Crippen LogP contribution in [0.4, 0.5) is 0 Å². The maximum Gasteiger partial charge on any atom is 2.00 e. The van der Waals surface area contributed by atoms with E-state index in [9.17, 15) is 0 Å². The van der Waals surface area contributed by atoms with Gasteiger partial charge in [-0.1, -0.05) is 0 Å². The minimum absolute atomic E-state index is 0. The van der Waals surface area contributed by atoms with E-state index in [0.717, 1.165) is 0 Å². The molecule has 46 valence electrons. The van der Waals surface area contributed by atoms with Crippen molar-refractivity contribution in [1.29, 1.82) is 0 Å². The first-order valence-corrected chi connectivity index (χ1v) is 3.06. The molecule has 0 aromatic carbocycles. The summed E-state index contributed by atoms with van der Waals surface area (Å²) in [5.41, 5.74) is 0. The summed E-state index contributed by atoms with van der Waals surface area (Å²) in [5, 5.41) is 0. The zero-order valence-corrected chi connectivity index (χ0v) is 7.74.